The SMILES string of the molecule is COc1ccc2cc(C(=O)Nc3ccn4nccc4c3)[nH]c2c1. The Balaban J connectivity index is 1.62. The van der Waals surface area contributed by atoms with Gasteiger partial charge in [-0.3, -0.25) is 4.79 Å². The third-order valence-electron chi connectivity index (χ3n) is 3.73. The van der Waals surface area contributed by atoms with Crippen LogP contribution in [0, 0.1) is 0 Å². The zero-order valence-electron chi connectivity index (χ0n) is 12.4. The van der Waals surface area contributed by atoms with Gasteiger partial charge < -0.3 is 15.0 Å². The maximum absolute atomic E-state index is 12.4. The molecule has 0 radical (unpaired) electrons. The first-order valence-electron chi connectivity index (χ1n) is 7.14. The third kappa shape index (κ3) is 2.40. The van der Waals surface area contributed by atoms with Crippen molar-refractivity contribution in [2.24, 2.45) is 0 Å². The number of H-pyrrole nitrogens is 1. The number of fused-ring (bicyclic) bond motifs is 2. The fourth-order valence-corrected chi connectivity index (χ4v) is 2.55. The van der Waals surface area contributed by atoms with Crippen molar-refractivity contribution in [3.8, 4) is 5.75 Å². The smallest absolute Gasteiger partial charge is 0.272 e. The Bertz CT molecular complexity index is 1020. The van der Waals surface area contributed by atoms with Crippen LogP contribution in [0.15, 0.2) is 54.9 Å². The quantitative estimate of drug-likeness (QED) is 0.611. The summed E-state index contributed by atoms with van der Waals surface area (Å²) in [7, 11) is 1.62. The predicted octanol–water partition coefficient (Wildman–Crippen LogP) is 3.08. The average molecular weight is 306 g/mol. The molecule has 6 heteroatoms. The molecule has 0 saturated carbocycles. The van der Waals surface area contributed by atoms with E-state index < -0.39 is 0 Å². The number of pyridine rings is 1. The average Bonchev–Trinajstić information content (AvgIpc) is 3.19. The van der Waals surface area contributed by atoms with Gasteiger partial charge in [0.1, 0.15) is 11.4 Å². The Morgan fingerprint density at radius 1 is 1.22 bits per heavy atom. The maximum Gasteiger partial charge on any atom is 0.272 e. The number of hydrogen-bond donors (Lipinski definition) is 2. The van der Waals surface area contributed by atoms with E-state index in [4.69, 9.17) is 4.74 Å². The summed E-state index contributed by atoms with van der Waals surface area (Å²) in [6.07, 6.45) is 3.52. The number of rotatable bonds is 3. The number of carbonyl (C=O) groups excluding carboxylic acids is 1. The minimum absolute atomic E-state index is 0.191. The molecule has 0 saturated heterocycles. The second-order valence-corrected chi connectivity index (χ2v) is 5.21. The molecule has 0 aliphatic rings. The topological polar surface area (TPSA) is 71.4 Å². The Hall–Kier alpha value is -3.28. The first-order valence-corrected chi connectivity index (χ1v) is 7.14. The van der Waals surface area contributed by atoms with Crippen LogP contribution in [0.3, 0.4) is 0 Å². The van der Waals surface area contributed by atoms with Gasteiger partial charge in [-0.15, -0.1) is 0 Å². The lowest BCUT2D eigenvalue weighted by Gasteiger charge is -2.04. The summed E-state index contributed by atoms with van der Waals surface area (Å²) in [5.74, 6) is 0.557. The summed E-state index contributed by atoms with van der Waals surface area (Å²) in [5.41, 5.74) is 3.01. The summed E-state index contributed by atoms with van der Waals surface area (Å²) < 4.78 is 6.93. The highest BCUT2D eigenvalue weighted by molar-refractivity contribution is 6.06. The van der Waals surface area contributed by atoms with E-state index in [-0.39, 0.29) is 5.91 Å². The number of hydrogen-bond acceptors (Lipinski definition) is 3. The van der Waals surface area contributed by atoms with Crippen molar-refractivity contribution in [1.82, 2.24) is 14.6 Å². The third-order valence-corrected chi connectivity index (χ3v) is 3.73. The molecule has 3 aromatic heterocycles. The summed E-state index contributed by atoms with van der Waals surface area (Å²) in [4.78, 5) is 15.5. The van der Waals surface area contributed by atoms with Crippen molar-refractivity contribution in [3.63, 3.8) is 0 Å². The minimum atomic E-state index is -0.191. The van der Waals surface area contributed by atoms with Gasteiger partial charge in [-0.2, -0.15) is 5.10 Å². The fraction of sp³-hybridized carbons (Fsp3) is 0.0588. The molecule has 23 heavy (non-hydrogen) atoms. The van der Waals surface area contributed by atoms with Gasteiger partial charge in [-0.25, -0.2) is 4.52 Å². The van der Waals surface area contributed by atoms with E-state index >= 15 is 0 Å². The summed E-state index contributed by atoms with van der Waals surface area (Å²) in [6.45, 7) is 0. The van der Waals surface area contributed by atoms with Gasteiger partial charge in [-0.05, 0) is 36.4 Å². The number of carbonyl (C=O) groups is 1. The fourth-order valence-electron chi connectivity index (χ4n) is 2.55. The van der Waals surface area contributed by atoms with Crippen molar-refractivity contribution >= 4 is 28.0 Å². The van der Waals surface area contributed by atoms with Gasteiger partial charge in [0, 0.05) is 35.1 Å². The van der Waals surface area contributed by atoms with Crippen LogP contribution < -0.4 is 10.1 Å². The molecular formula is C17H14N4O2. The number of aromatic nitrogens is 3. The zero-order chi connectivity index (χ0) is 15.8. The molecule has 0 atom stereocenters. The highest BCUT2D eigenvalue weighted by Crippen LogP contribution is 2.22. The van der Waals surface area contributed by atoms with Crippen molar-refractivity contribution < 1.29 is 9.53 Å². The van der Waals surface area contributed by atoms with Crippen LogP contribution in [0.2, 0.25) is 0 Å². The van der Waals surface area contributed by atoms with Gasteiger partial charge in [-0.1, -0.05) is 0 Å². The lowest BCUT2D eigenvalue weighted by molar-refractivity contribution is 0.102. The molecule has 0 unspecified atom stereocenters. The molecule has 0 aliphatic carbocycles. The highest BCUT2D eigenvalue weighted by Gasteiger charge is 2.11. The lowest BCUT2D eigenvalue weighted by atomic mass is 10.2. The summed E-state index contributed by atoms with van der Waals surface area (Å²) in [5, 5.41) is 7.98. The van der Waals surface area contributed by atoms with E-state index in [0.29, 0.717) is 5.69 Å². The van der Waals surface area contributed by atoms with Gasteiger partial charge in [0.2, 0.25) is 0 Å². The minimum Gasteiger partial charge on any atom is -0.497 e. The number of benzene rings is 1. The first-order chi connectivity index (χ1) is 11.2. The van der Waals surface area contributed by atoms with Gasteiger partial charge >= 0.3 is 0 Å². The van der Waals surface area contributed by atoms with E-state index in [1.54, 1.807) is 24.0 Å². The first kappa shape index (κ1) is 13.4. The van der Waals surface area contributed by atoms with Crippen LogP contribution in [0.5, 0.6) is 5.75 Å². The Labute approximate surface area is 131 Å². The van der Waals surface area contributed by atoms with Crippen molar-refractivity contribution in [1.29, 1.82) is 0 Å². The Morgan fingerprint density at radius 3 is 3.00 bits per heavy atom. The second-order valence-electron chi connectivity index (χ2n) is 5.21. The molecule has 2 N–H and O–H groups in total. The van der Waals surface area contributed by atoms with Crippen molar-refractivity contribution in [2.45, 2.75) is 0 Å². The van der Waals surface area contributed by atoms with Crippen LogP contribution in [-0.4, -0.2) is 27.6 Å². The van der Waals surface area contributed by atoms with E-state index in [9.17, 15) is 4.79 Å². The molecular weight excluding hydrogens is 292 g/mol. The predicted molar refractivity (Wildman–Crippen MR) is 88.0 cm³/mol. The number of ether oxygens (including phenoxy) is 1. The van der Waals surface area contributed by atoms with E-state index in [2.05, 4.69) is 15.4 Å². The molecule has 0 bridgehead atoms. The standard InChI is InChI=1S/C17H14N4O2/c1-23-14-3-2-11-8-16(20-15(11)10-14)17(22)19-12-5-7-21-13(9-12)4-6-18-21/h2-10,20H,1H3,(H,19,22). The van der Waals surface area contributed by atoms with Crippen LogP contribution in [0.25, 0.3) is 16.4 Å². The number of anilines is 1. The Kier molecular flexibility index (Phi) is 3.01. The molecule has 6 nitrogen and oxygen atoms in total. The van der Waals surface area contributed by atoms with Crippen LogP contribution in [0.1, 0.15) is 10.5 Å². The lowest BCUT2D eigenvalue weighted by Crippen LogP contribution is -2.12. The van der Waals surface area contributed by atoms with E-state index in [1.807, 2.05) is 42.5 Å². The Morgan fingerprint density at radius 2 is 2.13 bits per heavy atom. The van der Waals surface area contributed by atoms with E-state index in [1.165, 1.54) is 0 Å². The van der Waals surface area contributed by atoms with Crippen molar-refractivity contribution in [3.05, 3.63) is 60.6 Å². The highest BCUT2D eigenvalue weighted by atomic mass is 16.5. The van der Waals surface area contributed by atoms with E-state index in [0.717, 1.165) is 27.9 Å². The number of nitrogens with one attached hydrogen (secondary N) is 2. The monoisotopic (exact) mass is 306 g/mol. The molecule has 0 fully saturated rings. The summed E-state index contributed by atoms with van der Waals surface area (Å²) >= 11 is 0. The zero-order valence-corrected chi connectivity index (χ0v) is 12.4. The molecule has 4 aromatic rings. The van der Waals surface area contributed by atoms with Crippen LogP contribution in [0.4, 0.5) is 5.69 Å². The summed E-state index contributed by atoms with van der Waals surface area (Å²) in [6, 6.07) is 13.0. The largest absolute Gasteiger partial charge is 0.497 e. The molecule has 0 aliphatic heterocycles. The van der Waals surface area contributed by atoms with Gasteiger partial charge in [0.15, 0.2) is 0 Å². The van der Waals surface area contributed by atoms with Gasteiger partial charge in [0.25, 0.3) is 5.91 Å². The molecule has 3 heterocycles. The molecule has 1 aromatic carbocycles. The molecule has 1 amide bonds. The van der Waals surface area contributed by atoms with Gasteiger partial charge in [0.05, 0.1) is 12.6 Å². The molecule has 0 spiro atoms. The normalized spacial score (nSPS) is 11.0. The van der Waals surface area contributed by atoms with Crippen LogP contribution >= 0.6 is 0 Å². The number of amides is 1. The molecule has 114 valence electrons. The number of aromatic amines is 1. The number of nitrogens with zero attached hydrogens (tertiary/aromatic N) is 2. The molecule has 4 rings (SSSR count). The van der Waals surface area contributed by atoms with Crippen LogP contribution in [-0.2, 0) is 0 Å². The number of methoxy groups -OCH3 is 1. The second kappa shape index (κ2) is 5.17. The maximum atomic E-state index is 12.4. The van der Waals surface area contributed by atoms with Crippen molar-refractivity contribution in [2.75, 3.05) is 12.4 Å².